The minimum Gasteiger partial charge on any atom is -0.469 e. The van der Waals surface area contributed by atoms with Crippen LogP contribution in [0, 0.1) is 45.3 Å². The molecule has 0 heterocycles. The topological polar surface area (TPSA) is 73.9 Å². The molecule has 1 aromatic rings. The van der Waals surface area contributed by atoms with Crippen LogP contribution < -0.4 is 9.61 Å². The van der Waals surface area contributed by atoms with Gasteiger partial charge in [-0.25, -0.2) is 9.65 Å². The summed E-state index contributed by atoms with van der Waals surface area (Å²) in [4.78, 5) is 12.2. The Balaban J connectivity index is 1.38. The van der Waals surface area contributed by atoms with Gasteiger partial charge < -0.3 is 9.26 Å². The van der Waals surface area contributed by atoms with E-state index in [-0.39, 0.29) is 34.9 Å². The molecule has 0 aromatic heterocycles. The van der Waals surface area contributed by atoms with Crippen LogP contribution in [0.4, 0.5) is 0 Å². The zero-order valence-corrected chi connectivity index (χ0v) is 32.5. The summed E-state index contributed by atoms with van der Waals surface area (Å²) < 4.78 is 32.1. The lowest BCUT2D eigenvalue weighted by Gasteiger charge is -2.62. The van der Waals surface area contributed by atoms with Gasteiger partial charge in [-0.15, -0.1) is 0 Å². The van der Waals surface area contributed by atoms with Gasteiger partial charge in [-0.1, -0.05) is 89.5 Å². The number of esters is 1. The van der Waals surface area contributed by atoms with Gasteiger partial charge in [-0.2, -0.15) is 0 Å². The second kappa shape index (κ2) is 14.0. The van der Waals surface area contributed by atoms with Crippen LogP contribution in [0.1, 0.15) is 127 Å². The van der Waals surface area contributed by atoms with Crippen LogP contribution in [0.2, 0.25) is 0 Å². The third kappa shape index (κ3) is 6.76. The minimum atomic E-state index is -3.83. The second-order valence-electron chi connectivity index (χ2n) is 17.3. The molecule has 268 valence electrons. The van der Waals surface area contributed by atoms with Crippen molar-refractivity contribution >= 4 is 13.7 Å². The molecule has 0 bridgehead atoms. The van der Waals surface area contributed by atoms with Gasteiger partial charge in [0.1, 0.15) is 5.75 Å². The lowest BCUT2D eigenvalue weighted by Crippen LogP contribution is -2.55. The average molecular weight is 682 g/mol. The maximum Gasteiger partial charge on any atom is 0.459 e. The van der Waals surface area contributed by atoms with E-state index in [0.717, 1.165) is 37.5 Å². The quantitative estimate of drug-likeness (QED) is 0.134. The number of ether oxygens (including phenoxy) is 1. The third-order valence-electron chi connectivity index (χ3n) is 14.0. The number of hydrogen-bond acceptors (Lipinski definition) is 5. The Morgan fingerprint density at radius 2 is 1.69 bits per heavy atom. The molecular formula is C41H64NO5P. The summed E-state index contributed by atoms with van der Waals surface area (Å²) in [6.07, 6.45) is 13.9. The summed E-state index contributed by atoms with van der Waals surface area (Å²) in [5, 5.41) is 3.03. The van der Waals surface area contributed by atoms with E-state index in [1.807, 2.05) is 18.2 Å². The molecule has 3 unspecified atom stereocenters. The van der Waals surface area contributed by atoms with Crippen molar-refractivity contribution in [2.45, 2.75) is 133 Å². The van der Waals surface area contributed by atoms with E-state index >= 15 is 0 Å². The number of hydrogen-bond donors (Lipinski definition) is 1. The van der Waals surface area contributed by atoms with Gasteiger partial charge >= 0.3 is 13.7 Å². The monoisotopic (exact) mass is 681 g/mol. The first-order valence-corrected chi connectivity index (χ1v) is 20.3. The van der Waals surface area contributed by atoms with Gasteiger partial charge in [0.05, 0.1) is 19.1 Å². The Morgan fingerprint density at radius 1 is 0.979 bits per heavy atom. The summed E-state index contributed by atoms with van der Waals surface area (Å²) in [5.41, 5.74) is 5.46. The third-order valence-corrected chi connectivity index (χ3v) is 15.6. The number of para-hydroxylation sites is 1. The highest BCUT2D eigenvalue weighted by molar-refractivity contribution is 7.52. The van der Waals surface area contributed by atoms with Gasteiger partial charge in [-0.05, 0) is 130 Å². The first-order chi connectivity index (χ1) is 22.5. The number of methoxy groups -OCH3 is 1. The lowest BCUT2D eigenvalue weighted by atomic mass is 9.43. The fourth-order valence-corrected chi connectivity index (χ4v) is 12.8. The Hall–Kier alpha value is -1.88. The van der Waals surface area contributed by atoms with Crippen molar-refractivity contribution in [1.82, 2.24) is 5.09 Å². The number of rotatable bonds is 12. The zero-order chi connectivity index (χ0) is 35.1. The molecule has 4 aliphatic rings. The molecule has 5 rings (SSSR count). The van der Waals surface area contributed by atoms with Crippen LogP contribution in [0.25, 0.3) is 0 Å². The summed E-state index contributed by atoms with van der Waals surface area (Å²) in [7, 11) is -2.46. The fourth-order valence-electron chi connectivity index (χ4n) is 11.1. The molecule has 1 N–H and O–H groups in total. The van der Waals surface area contributed by atoms with Crippen molar-refractivity contribution < 1.29 is 23.1 Å². The highest BCUT2D eigenvalue weighted by Crippen LogP contribution is 2.73. The van der Waals surface area contributed by atoms with E-state index in [4.69, 9.17) is 13.8 Å². The highest BCUT2D eigenvalue weighted by Gasteiger charge is 2.63. The van der Waals surface area contributed by atoms with Gasteiger partial charge in [0.15, 0.2) is 0 Å². The highest BCUT2D eigenvalue weighted by atomic mass is 31.2. The molecule has 2 fully saturated rings. The summed E-state index contributed by atoms with van der Waals surface area (Å²) in [5.74, 6) is 1.55. The van der Waals surface area contributed by atoms with Crippen molar-refractivity contribution in [3.05, 3.63) is 53.1 Å². The van der Waals surface area contributed by atoms with Crippen molar-refractivity contribution in [3.8, 4) is 5.75 Å². The molecule has 9 atom stereocenters. The van der Waals surface area contributed by atoms with Gasteiger partial charge in [0.2, 0.25) is 0 Å². The molecule has 7 heteroatoms. The molecule has 4 aliphatic carbocycles. The fraction of sp³-hybridized carbons (Fsp3) is 0.732. The van der Waals surface area contributed by atoms with Crippen LogP contribution in [-0.4, -0.2) is 25.7 Å². The van der Waals surface area contributed by atoms with E-state index < -0.39 is 13.7 Å². The van der Waals surface area contributed by atoms with Gasteiger partial charge in [0.25, 0.3) is 0 Å². The number of carbonyl (C=O) groups is 1. The maximum atomic E-state index is 14.5. The molecule has 6 nitrogen and oxygen atoms in total. The first kappa shape index (κ1) is 37.4. The van der Waals surface area contributed by atoms with Crippen molar-refractivity contribution in [2.24, 2.45) is 45.3 Å². The Kier molecular flexibility index (Phi) is 10.9. The standard InChI is InChI=1S/C41H64NO5P/c1-28(2)15-14-16-29(3)32-21-25-41(9)34-19-20-35-38(5,6)36(23-24-39(35,7)33(34)22-26-40(32,41)8)47-48(44,42-27-30(4)37(43)45-10)46-31-17-12-11-13-18-31/h11-13,15,17-18,29-30,32,35-36H,14,16,19-27H2,1-10H3,(H,42,44)/t29-,30?,32-,35?,36+,39-,40-,41+,48?/m1/s1. The first-order valence-electron chi connectivity index (χ1n) is 18.7. The summed E-state index contributed by atoms with van der Waals surface area (Å²) >= 11 is 0. The Morgan fingerprint density at radius 3 is 2.35 bits per heavy atom. The van der Waals surface area contributed by atoms with E-state index in [1.165, 1.54) is 51.2 Å². The van der Waals surface area contributed by atoms with E-state index in [2.05, 4.69) is 66.6 Å². The predicted octanol–water partition coefficient (Wildman–Crippen LogP) is 11.1. The van der Waals surface area contributed by atoms with E-state index in [9.17, 15) is 9.36 Å². The van der Waals surface area contributed by atoms with Crippen molar-refractivity contribution in [2.75, 3.05) is 13.7 Å². The maximum absolute atomic E-state index is 14.5. The molecule has 0 amide bonds. The number of fused-ring (bicyclic) bond motifs is 4. The van der Waals surface area contributed by atoms with Crippen LogP contribution in [-0.2, 0) is 18.6 Å². The van der Waals surface area contributed by atoms with Crippen LogP contribution in [0.3, 0.4) is 0 Å². The van der Waals surface area contributed by atoms with E-state index in [1.54, 1.807) is 30.2 Å². The van der Waals surface area contributed by atoms with E-state index in [0.29, 0.717) is 17.1 Å². The summed E-state index contributed by atoms with van der Waals surface area (Å²) in [6, 6.07) is 9.18. The SMILES string of the molecule is COC(=O)C(C)CNP(=O)(Oc1ccccc1)O[C@H]1CC[C@]2(C)C3=C(CCC2C1(C)C)[C@]1(C)CC[C@H]([C@H](C)CCC=C(C)C)[C@@]1(C)CC3. The minimum absolute atomic E-state index is 0.103. The number of allylic oxidation sites excluding steroid dienone is 4. The van der Waals surface area contributed by atoms with Gasteiger partial charge in [-0.3, -0.25) is 9.32 Å². The van der Waals surface area contributed by atoms with Crippen LogP contribution in [0.15, 0.2) is 53.1 Å². The van der Waals surface area contributed by atoms with Crippen LogP contribution >= 0.6 is 7.75 Å². The second-order valence-corrected chi connectivity index (χ2v) is 19.0. The Bertz CT molecular complexity index is 1430. The zero-order valence-electron chi connectivity index (χ0n) is 31.6. The average Bonchev–Trinajstić information content (AvgIpc) is 3.32. The molecule has 2 saturated carbocycles. The molecule has 0 radical (unpaired) electrons. The normalized spacial score (nSPS) is 34.9. The van der Waals surface area contributed by atoms with Gasteiger partial charge in [0, 0.05) is 6.54 Å². The summed E-state index contributed by atoms with van der Waals surface area (Å²) in [6.45, 7) is 21.3. The Labute approximate surface area is 291 Å². The predicted molar refractivity (Wildman–Crippen MR) is 196 cm³/mol. The number of carbonyl (C=O) groups excluding carboxylic acids is 1. The number of benzene rings is 1. The molecule has 0 spiro atoms. The van der Waals surface area contributed by atoms with Crippen LogP contribution in [0.5, 0.6) is 5.75 Å². The molecule has 0 aliphatic heterocycles. The number of nitrogens with one attached hydrogen (secondary N) is 1. The largest absolute Gasteiger partial charge is 0.469 e. The molecular weight excluding hydrogens is 617 g/mol. The smallest absolute Gasteiger partial charge is 0.459 e. The molecule has 0 saturated heterocycles. The van der Waals surface area contributed by atoms with Crippen molar-refractivity contribution in [3.63, 3.8) is 0 Å². The molecule has 1 aromatic carbocycles. The lowest BCUT2D eigenvalue weighted by molar-refractivity contribution is -0.144. The molecule has 48 heavy (non-hydrogen) atoms. The van der Waals surface area contributed by atoms with Crippen molar-refractivity contribution in [1.29, 1.82) is 0 Å².